The fourth-order valence-electron chi connectivity index (χ4n) is 4.40. The largest absolute Gasteiger partial charge is 0.354 e. The van der Waals surface area contributed by atoms with Crippen LogP contribution in [0.5, 0.6) is 0 Å². The van der Waals surface area contributed by atoms with Gasteiger partial charge in [-0.3, -0.25) is 4.79 Å². The number of nitrogens with zero attached hydrogens (tertiary/aromatic N) is 3. The minimum Gasteiger partial charge on any atom is -0.354 e. The zero-order chi connectivity index (χ0) is 19.2. The molecule has 1 amide bonds. The van der Waals surface area contributed by atoms with E-state index in [2.05, 4.69) is 20.4 Å². The number of nitrogens with one attached hydrogen (secondary N) is 1. The van der Waals surface area contributed by atoms with Crippen molar-refractivity contribution in [3.05, 3.63) is 42.5 Å². The average molecular weight is 379 g/mol. The third kappa shape index (κ3) is 4.70. The van der Waals surface area contributed by atoms with Crippen LogP contribution < -0.4 is 10.2 Å². The lowest BCUT2D eigenvalue weighted by molar-refractivity contribution is -0.126. The van der Waals surface area contributed by atoms with Crippen molar-refractivity contribution in [2.24, 2.45) is 5.92 Å². The van der Waals surface area contributed by atoms with Crippen LogP contribution in [-0.4, -0.2) is 35.2 Å². The summed E-state index contributed by atoms with van der Waals surface area (Å²) in [5.41, 5.74) is 1.95. The number of anilines is 1. The third-order valence-corrected chi connectivity index (χ3v) is 6.04. The van der Waals surface area contributed by atoms with Gasteiger partial charge in [0, 0.05) is 24.7 Å². The summed E-state index contributed by atoms with van der Waals surface area (Å²) in [4.78, 5) is 15.0. The number of carbonyl (C=O) groups is 1. The number of piperidine rings is 1. The Labute approximate surface area is 167 Å². The lowest BCUT2D eigenvalue weighted by Gasteiger charge is -2.33. The summed E-state index contributed by atoms with van der Waals surface area (Å²) >= 11 is 0. The van der Waals surface area contributed by atoms with Gasteiger partial charge in [0.05, 0.1) is 11.6 Å². The highest BCUT2D eigenvalue weighted by molar-refractivity contribution is 5.79. The number of rotatable bonds is 4. The monoisotopic (exact) mass is 378 g/mol. The van der Waals surface area contributed by atoms with Gasteiger partial charge >= 0.3 is 0 Å². The lowest BCUT2D eigenvalue weighted by atomic mass is 9.96. The summed E-state index contributed by atoms with van der Waals surface area (Å²) in [6.07, 6.45) is 9.34. The molecule has 1 aliphatic carbocycles. The van der Waals surface area contributed by atoms with Crippen LogP contribution in [0.25, 0.3) is 11.3 Å². The molecule has 28 heavy (non-hydrogen) atoms. The van der Waals surface area contributed by atoms with Crippen molar-refractivity contribution in [2.75, 3.05) is 18.0 Å². The minimum atomic E-state index is 0.0487. The van der Waals surface area contributed by atoms with Crippen LogP contribution in [0.1, 0.15) is 51.4 Å². The van der Waals surface area contributed by atoms with E-state index in [1.165, 1.54) is 25.7 Å². The first-order chi connectivity index (χ1) is 13.8. The molecule has 1 aromatic heterocycles. The molecule has 1 unspecified atom stereocenters. The zero-order valence-electron chi connectivity index (χ0n) is 16.5. The van der Waals surface area contributed by atoms with Gasteiger partial charge < -0.3 is 10.2 Å². The molecule has 1 aromatic carbocycles. The van der Waals surface area contributed by atoms with Crippen LogP contribution in [0.3, 0.4) is 0 Å². The first kappa shape index (κ1) is 18.9. The predicted octanol–water partition coefficient (Wildman–Crippen LogP) is 4.20. The summed E-state index contributed by atoms with van der Waals surface area (Å²) in [5.74, 6) is 1.14. The van der Waals surface area contributed by atoms with Crippen molar-refractivity contribution in [1.82, 2.24) is 15.5 Å². The van der Waals surface area contributed by atoms with E-state index in [0.717, 1.165) is 55.8 Å². The van der Waals surface area contributed by atoms with Gasteiger partial charge in [0.25, 0.3) is 0 Å². The number of carbonyl (C=O) groups excluding carboxylic acids is 1. The second-order valence-corrected chi connectivity index (χ2v) is 8.13. The Balaban J connectivity index is 1.37. The summed E-state index contributed by atoms with van der Waals surface area (Å²) < 4.78 is 0. The molecule has 2 aliphatic rings. The Morgan fingerprint density at radius 1 is 0.893 bits per heavy atom. The minimum absolute atomic E-state index is 0.0487. The van der Waals surface area contributed by atoms with E-state index in [4.69, 9.17) is 0 Å². The molecule has 5 heteroatoms. The van der Waals surface area contributed by atoms with Crippen LogP contribution >= 0.6 is 0 Å². The molecular formula is C23H30N4O. The highest BCUT2D eigenvalue weighted by Crippen LogP contribution is 2.24. The summed E-state index contributed by atoms with van der Waals surface area (Å²) in [5, 5.41) is 12.2. The van der Waals surface area contributed by atoms with Crippen LogP contribution in [0, 0.1) is 5.92 Å². The van der Waals surface area contributed by atoms with Crippen LogP contribution in [0.15, 0.2) is 42.5 Å². The van der Waals surface area contributed by atoms with E-state index in [9.17, 15) is 4.79 Å². The Kier molecular flexibility index (Phi) is 6.20. The van der Waals surface area contributed by atoms with E-state index < -0.39 is 0 Å². The maximum atomic E-state index is 12.8. The third-order valence-electron chi connectivity index (χ3n) is 6.04. The second kappa shape index (κ2) is 9.18. The van der Waals surface area contributed by atoms with Crippen molar-refractivity contribution in [3.63, 3.8) is 0 Å². The van der Waals surface area contributed by atoms with Crippen molar-refractivity contribution < 1.29 is 4.79 Å². The van der Waals surface area contributed by atoms with Gasteiger partial charge in [0.15, 0.2) is 5.82 Å². The first-order valence-corrected chi connectivity index (χ1v) is 10.7. The van der Waals surface area contributed by atoms with Crippen LogP contribution in [0.4, 0.5) is 5.82 Å². The number of hydrogen-bond acceptors (Lipinski definition) is 4. The topological polar surface area (TPSA) is 58.1 Å². The molecule has 1 saturated carbocycles. The maximum absolute atomic E-state index is 12.8. The van der Waals surface area contributed by atoms with Crippen LogP contribution in [0.2, 0.25) is 0 Å². The number of hydrogen-bond donors (Lipinski definition) is 1. The SMILES string of the molecule is O=C(NC1CCCCCC1)C1CCCN(c2ccc(-c3ccccc3)nn2)C1. The van der Waals surface area contributed by atoms with Gasteiger partial charge in [-0.15, -0.1) is 10.2 Å². The Hall–Kier alpha value is -2.43. The van der Waals surface area contributed by atoms with E-state index in [1.807, 2.05) is 42.5 Å². The molecule has 2 aromatic rings. The molecule has 0 spiro atoms. The van der Waals surface area contributed by atoms with Gasteiger partial charge in [-0.05, 0) is 37.8 Å². The Morgan fingerprint density at radius 3 is 2.39 bits per heavy atom. The van der Waals surface area contributed by atoms with Crippen molar-refractivity contribution in [2.45, 2.75) is 57.4 Å². The van der Waals surface area contributed by atoms with Crippen LogP contribution in [-0.2, 0) is 4.79 Å². The molecular weight excluding hydrogens is 348 g/mol. The molecule has 148 valence electrons. The highest BCUT2D eigenvalue weighted by atomic mass is 16.2. The molecule has 0 bridgehead atoms. The second-order valence-electron chi connectivity index (χ2n) is 8.13. The number of aromatic nitrogens is 2. The molecule has 1 atom stereocenters. The smallest absolute Gasteiger partial charge is 0.225 e. The van der Waals surface area contributed by atoms with Gasteiger partial charge in [-0.25, -0.2) is 0 Å². The molecule has 1 aliphatic heterocycles. The fourth-order valence-corrected chi connectivity index (χ4v) is 4.40. The van der Waals surface area contributed by atoms with Crippen molar-refractivity contribution >= 4 is 11.7 Å². The number of benzene rings is 1. The fraction of sp³-hybridized carbons (Fsp3) is 0.522. The van der Waals surface area contributed by atoms with Gasteiger partial charge in [-0.2, -0.15) is 0 Å². The van der Waals surface area contributed by atoms with Gasteiger partial charge in [0.2, 0.25) is 5.91 Å². The summed E-state index contributed by atoms with van der Waals surface area (Å²) in [6.45, 7) is 1.67. The molecule has 1 N–H and O–H groups in total. The van der Waals surface area contributed by atoms with E-state index in [-0.39, 0.29) is 11.8 Å². The predicted molar refractivity (Wildman–Crippen MR) is 112 cm³/mol. The van der Waals surface area contributed by atoms with Gasteiger partial charge in [0.1, 0.15) is 0 Å². The molecule has 2 fully saturated rings. The lowest BCUT2D eigenvalue weighted by Crippen LogP contribution is -2.46. The van der Waals surface area contributed by atoms with Crippen molar-refractivity contribution in [3.8, 4) is 11.3 Å². The van der Waals surface area contributed by atoms with E-state index >= 15 is 0 Å². The Morgan fingerprint density at radius 2 is 1.68 bits per heavy atom. The van der Waals surface area contributed by atoms with E-state index in [0.29, 0.717) is 6.04 Å². The summed E-state index contributed by atoms with van der Waals surface area (Å²) in [6, 6.07) is 14.5. The quantitative estimate of drug-likeness (QED) is 0.810. The highest BCUT2D eigenvalue weighted by Gasteiger charge is 2.28. The molecule has 5 nitrogen and oxygen atoms in total. The molecule has 4 rings (SSSR count). The van der Waals surface area contributed by atoms with E-state index in [1.54, 1.807) is 0 Å². The first-order valence-electron chi connectivity index (χ1n) is 10.7. The molecule has 1 saturated heterocycles. The van der Waals surface area contributed by atoms with Gasteiger partial charge in [-0.1, -0.05) is 56.0 Å². The summed E-state index contributed by atoms with van der Waals surface area (Å²) in [7, 11) is 0. The van der Waals surface area contributed by atoms with Crippen molar-refractivity contribution in [1.29, 1.82) is 0 Å². The molecule has 2 heterocycles. The number of amides is 1. The normalized spacial score (nSPS) is 21.1. The molecule has 0 radical (unpaired) electrons. The standard InChI is InChI=1S/C23H30N4O/c28-23(24-20-12-6-1-2-7-13-20)19-11-8-16-27(17-19)22-15-14-21(25-26-22)18-9-4-3-5-10-18/h3-5,9-10,14-15,19-20H,1-2,6-8,11-13,16-17H2,(H,24,28). The Bertz CT molecular complexity index is 754. The average Bonchev–Trinajstić information content (AvgIpc) is 3.03. The maximum Gasteiger partial charge on any atom is 0.225 e. The zero-order valence-corrected chi connectivity index (χ0v) is 16.5.